The standard InChI is InChI=1S/C28H41F5N6O/c1-5-7-22-20(16-36-10-9-35-3)26(37-15-18-8-6-11-39(18)12-13-40-4)25(30)27(38-22)19-14-21(34)24(29)17(2)23(19)28(31,32)33/h14,18,35-36H,5-13,15-16,34H2,1-4H3,(H,37,38). The molecule has 0 spiro atoms. The molecule has 0 aliphatic carbocycles. The van der Waals surface area contributed by atoms with Gasteiger partial charge in [0.1, 0.15) is 11.5 Å². The van der Waals surface area contributed by atoms with Gasteiger partial charge in [0.15, 0.2) is 5.82 Å². The zero-order valence-electron chi connectivity index (χ0n) is 23.7. The number of hydrogen-bond donors (Lipinski definition) is 4. The highest BCUT2D eigenvalue weighted by Crippen LogP contribution is 2.43. The van der Waals surface area contributed by atoms with Gasteiger partial charge in [0.25, 0.3) is 0 Å². The molecule has 224 valence electrons. The number of nitrogens with one attached hydrogen (secondary N) is 3. The molecular weight excluding hydrogens is 531 g/mol. The number of rotatable bonds is 14. The van der Waals surface area contributed by atoms with Gasteiger partial charge in [-0.25, -0.2) is 13.8 Å². The largest absolute Gasteiger partial charge is 0.417 e. The van der Waals surface area contributed by atoms with Crippen molar-refractivity contribution in [2.75, 3.05) is 64.5 Å². The van der Waals surface area contributed by atoms with Gasteiger partial charge in [-0.05, 0) is 51.4 Å². The van der Waals surface area contributed by atoms with E-state index in [2.05, 4.69) is 25.8 Å². The highest BCUT2D eigenvalue weighted by molar-refractivity contribution is 5.76. The van der Waals surface area contributed by atoms with Crippen LogP contribution in [-0.2, 0) is 23.9 Å². The van der Waals surface area contributed by atoms with Crippen LogP contribution in [0.2, 0.25) is 0 Å². The molecule has 1 saturated heterocycles. The van der Waals surface area contributed by atoms with Gasteiger partial charge in [0.05, 0.1) is 23.5 Å². The topological polar surface area (TPSA) is 87.5 Å². The summed E-state index contributed by atoms with van der Waals surface area (Å²) in [4.78, 5) is 6.70. The van der Waals surface area contributed by atoms with Gasteiger partial charge in [0.2, 0.25) is 0 Å². The Morgan fingerprint density at radius 3 is 2.60 bits per heavy atom. The lowest BCUT2D eigenvalue weighted by Crippen LogP contribution is -2.37. The molecular formula is C28H41F5N6O. The van der Waals surface area contributed by atoms with E-state index in [4.69, 9.17) is 10.5 Å². The maximum atomic E-state index is 16.4. The van der Waals surface area contributed by atoms with E-state index >= 15 is 4.39 Å². The summed E-state index contributed by atoms with van der Waals surface area (Å²) in [6.07, 6.45) is -1.99. The third kappa shape index (κ3) is 7.39. The summed E-state index contributed by atoms with van der Waals surface area (Å²) in [6, 6.07) is 0.949. The molecule has 1 aromatic carbocycles. The van der Waals surface area contributed by atoms with Crippen LogP contribution in [0.15, 0.2) is 6.07 Å². The zero-order valence-corrected chi connectivity index (χ0v) is 23.7. The predicted octanol–water partition coefficient (Wildman–Crippen LogP) is 4.72. The average molecular weight is 573 g/mol. The maximum absolute atomic E-state index is 16.4. The van der Waals surface area contributed by atoms with Crippen LogP contribution in [0.4, 0.5) is 33.3 Å². The fourth-order valence-corrected chi connectivity index (χ4v) is 5.29. The van der Waals surface area contributed by atoms with Crippen LogP contribution in [0.25, 0.3) is 11.3 Å². The summed E-state index contributed by atoms with van der Waals surface area (Å²) >= 11 is 0. The van der Waals surface area contributed by atoms with E-state index in [0.29, 0.717) is 50.3 Å². The molecule has 0 bridgehead atoms. The number of likely N-dealkylation sites (N-methyl/N-ethyl adjacent to an activating group) is 1. The van der Waals surface area contributed by atoms with Crippen molar-refractivity contribution in [3.8, 4) is 11.3 Å². The maximum Gasteiger partial charge on any atom is 0.417 e. The molecule has 0 amide bonds. The number of anilines is 2. The third-order valence-corrected chi connectivity index (χ3v) is 7.33. The van der Waals surface area contributed by atoms with Gasteiger partial charge in [0, 0.05) is 62.7 Å². The highest BCUT2D eigenvalue weighted by Gasteiger charge is 2.39. The number of hydrogen-bond acceptors (Lipinski definition) is 7. The minimum absolute atomic E-state index is 0.109. The van der Waals surface area contributed by atoms with E-state index in [1.165, 1.54) is 0 Å². The van der Waals surface area contributed by atoms with Crippen molar-refractivity contribution < 1.29 is 26.7 Å². The molecule has 1 aromatic heterocycles. The van der Waals surface area contributed by atoms with E-state index in [9.17, 15) is 17.6 Å². The van der Waals surface area contributed by atoms with Crippen LogP contribution in [-0.4, -0.2) is 69.4 Å². The van der Waals surface area contributed by atoms with Crippen LogP contribution < -0.4 is 21.7 Å². The van der Waals surface area contributed by atoms with Gasteiger partial charge in [-0.1, -0.05) is 13.3 Å². The van der Waals surface area contributed by atoms with Gasteiger partial charge >= 0.3 is 6.18 Å². The lowest BCUT2D eigenvalue weighted by Gasteiger charge is -2.27. The molecule has 3 rings (SSSR count). The van der Waals surface area contributed by atoms with Crippen LogP contribution in [0.5, 0.6) is 0 Å². The predicted molar refractivity (Wildman–Crippen MR) is 148 cm³/mol. The Morgan fingerprint density at radius 2 is 1.95 bits per heavy atom. The molecule has 1 unspecified atom stereocenters. The summed E-state index contributed by atoms with van der Waals surface area (Å²) in [7, 11) is 3.46. The molecule has 2 aromatic rings. The van der Waals surface area contributed by atoms with Gasteiger partial charge in [-0.15, -0.1) is 0 Å². The molecule has 7 nitrogen and oxygen atoms in total. The number of ether oxygens (including phenoxy) is 1. The summed E-state index contributed by atoms with van der Waals surface area (Å²) in [6.45, 7) is 7.06. The van der Waals surface area contributed by atoms with E-state index in [1.807, 2.05) is 14.0 Å². The SMILES string of the molecule is CCCc1nc(-c2cc(N)c(F)c(C)c2C(F)(F)F)c(F)c(NCC2CCCN2CCOC)c1CNCCNC. The lowest BCUT2D eigenvalue weighted by atomic mass is 9.94. The van der Waals surface area contributed by atoms with Crippen molar-refractivity contribution in [1.29, 1.82) is 0 Å². The normalized spacial score (nSPS) is 16.2. The van der Waals surface area contributed by atoms with E-state index in [-0.39, 0.29) is 18.3 Å². The second kappa shape index (κ2) is 14.4. The van der Waals surface area contributed by atoms with Crippen molar-refractivity contribution in [2.45, 2.75) is 58.3 Å². The van der Waals surface area contributed by atoms with Crippen molar-refractivity contribution in [3.05, 3.63) is 40.1 Å². The Hall–Kier alpha value is -2.54. The van der Waals surface area contributed by atoms with Crippen LogP contribution >= 0.6 is 0 Å². The quantitative estimate of drug-likeness (QED) is 0.148. The third-order valence-electron chi connectivity index (χ3n) is 7.33. The first-order chi connectivity index (χ1) is 19.0. The Bertz CT molecular complexity index is 1140. The number of nitrogens with zero attached hydrogens (tertiary/aromatic N) is 2. The molecule has 1 aliphatic heterocycles. The van der Waals surface area contributed by atoms with Crippen molar-refractivity contribution in [2.24, 2.45) is 0 Å². The summed E-state index contributed by atoms with van der Waals surface area (Å²) in [5, 5.41) is 9.54. The van der Waals surface area contributed by atoms with Crippen molar-refractivity contribution >= 4 is 11.4 Å². The number of nitrogens with two attached hydrogens (primary N) is 1. The van der Waals surface area contributed by atoms with Crippen LogP contribution in [0, 0.1) is 18.6 Å². The zero-order chi connectivity index (χ0) is 29.4. The fourth-order valence-electron chi connectivity index (χ4n) is 5.29. The number of methoxy groups -OCH3 is 1. The van der Waals surface area contributed by atoms with E-state index < -0.39 is 45.9 Å². The van der Waals surface area contributed by atoms with Gasteiger partial charge in [-0.2, -0.15) is 13.2 Å². The Labute approximate surface area is 233 Å². The second-order valence-corrected chi connectivity index (χ2v) is 10.1. The summed E-state index contributed by atoms with van der Waals surface area (Å²) in [5.74, 6) is -2.09. The number of alkyl halides is 3. The van der Waals surface area contributed by atoms with E-state index in [1.54, 1.807) is 7.11 Å². The van der Waals surface area contributed by atoms with Gasteiger partial charge in [-0.3, -0.25) is 4.90 Å². The molecule has 1 atom stereocenters. The number of pyridine rings is 1. The minimum Gasteiger partial charge on any atom is -0.396 e. The monoisotopic (exact) mass is 572 g/mol. The second-order valence-electron chi connectivity index (χ2n) is 10.1. The van der Waals surface area contributed by atoms with Crippen molar-refractivity contribution in [1.82, 2.24) is 20.5 Å². The molecule has 12 heteroatoms. The number of aryl methyl sites for hydroxylation is 1. The highest BCUT2D eigenvalue weighted by atomic mass is 19.4. The smallest absolute Gasteiger partial charge is 0.396 e. The Morgan fingerprint density at radius 1 is 1.20 bits per heavy atom. The van der Waals surface area contributed by atoms with Gasteiger partial charge < -0.3 is 26.4 Å². The Balaban J connectivity index is 2.16. The number of nitrogen functional groups attached to an aromatic ring is 1. The molecule has 2 heterocycles. The summed E-state index contributed by atoms with van der Waals surface area (Å²) < 4.78 is 78.7. The van der Waals surface area contributed by atoms with Crippen LogP contribution in [0.1, 0.15) is 48.6 Å². The number of halogens is 5. The fraction of sp³-hybridized carbons (Fsp3) is 0.607. The molecule has 40 heavy (non-hydrogen) atoms. The molecule has 1 fully saturated rings. The Kier molecular flexibility index (Phi) is 11.5. The molecule has 0 radical (unpaired) electrons. The first-order valence-corrected chi connectivity index (χ1v) is 13.7. The molecule has 0 saturated carbocycles. The van der Waals surface area contributed by atoms with Crippen molar-refractivity contribution in [3.63, 3.8) is 0 Å². The number of benzene rings is 1. The number of likely N-dealkylation sites (tertiary alicyclic amines) is 1. The first kappa shape index (κ1) is 32.0. The van der Waals surface area contributed by atoms with E-state index in [0.717, 1.165) is 38.9 Å². The van der Waals surface area contributed by atoms with Crippen LogP contribution in [0.3, 0.4) is 0 Å². The average Bonchev–Trinajstić information content (AvgIpc) is 3.35. The number of aromatic nitrogens is 1. The minimum atomic E-state index is -4.94. The molecule has 1 aliphatic rings. The first-order valence-electron chi connectivity index (χ1n) is 13.7. The summed E-state index contributed by atoms with van der Waals surface area (Å²) in [5.41, 5.74) is 3.38. The lowest BCUT2D eigenvalue weighted by molar-refractivity contribution is -0.137. The molecule has 5 N–H and O–H groups in total.